The van der Waals surface area contributed by atoms with E-state index in [1.807, 2.05) is 31.2 Å². The summed E-state index contributed by atoms with van der Waals surface area (Å²) in [5.74, 6) is 0.330. The minimum absolute atomic E-state index is 0.0910. The maximum atomic E-state index is 12.1. The number of para-hydroxylation sites is 2. The molecule has 0 radical (unpaired) electrons. The van der Waals surface area contributed by atoms with Gasteiger partial charge in [-0.25, -0.2) is 9.97 Å². The zero-order valence-electron chi connectivity index (χ0n) is 14.4. The lowest BCUT2D eigenvalue weighted by molar-refractivity contribution is -0.121. The molecule has 1 atom stereocenters. The number of hydrogen-bond acceptors (Lipinski definition) is 5. The Labute approximate surface area is 150 Å². The van der Waals surface area contributed by atoms with Crippen LogP contribution in [0.3, 0.4) is 0 Å². The molecule has 134 valence electrons. The van der Waals surface area contributed by atoms with Gasteiger partial charge in [-0.3, -0.25) is 14.6 Å². The second-order valence-corrected chi connectivity index (χ2v) is 5.88. The van der Waals surface area contributed by atoms with Crippen molar-refractivity contribution in [2.45, 2.75) is 25.8 Å². The fourth-order valence-electron chi connectivity index (χ4n) is 2.52. The van der Waals surface area contributed by atoms with E-state index in [0.717, 1.165) is 16.9 Å². The van der Waals surface area contributed by atoms with Crippen LogP contribution in [0.15, 0.2) is 42.9 Å². The van der Waals surface area contributed by atoms with Crippen molar-refractivity contribution in [3.63, 3.8) is 0 Å². The molecular formula is C18H20N6O2. The predicted octanol–water partition coefficient (Wildman–Crippen LogP) is 1.74. The van der Waals surface area contributed by atoms with Crippen LogP contribution in [0.1, 0.15) is 42.1 Å². The summed E-state index contributed by atoms with van der Waals surface area (Å²) < 4.78 is 0. The molecule has 0 fully saturated rings. The SMILES string of the molecule is C[C@H](NC(=O)CCCNC(=O)c1cnccn1)c1nc2ccccc2[nH]1. The molecule has 0 unspecified atom stereocenters. The monoisotopic (exact) mass is 352 g/mol. The highest BCUT2D eigenvalue weighted by Crippen LogP contribution is 2.15. The molecule has 2 amide bonds. The van der Waals surface area contributed by atoms with Crippen molar-refractivity contribution >= 4 is 22.8 Å². The molecule has 0 saturated carbocycles. The number of fused-ring (bicyclic) bond motifs is 1. The number of hydrogen-bond donors (Lipinski definition) is 3. The fraction of sp³-hybridized carbons (Fsp3) is 0.278. The Balaban J connectivity index is 1.41. The lowest BCUT2D eigenvalue weighted by Crippen LogP contribution is -2.29. The average molecular weight is 352 g/mol. The van der Waals surface area contributed by atoms with Crippen molar-refractivity contribution in [2.24, 2.45) is 0 Å². The van der Waals surface area contributed by atoms with E-state index in [2.05, 4.69) is 30.6 Å². The number of aromatic amines is 1. The Kier molecular flexibility index (Phi) is 5.52. The van der Waals surface area contributed by atoms with E-state index in [0.29, 0.717) is 19.4 Å². The standard InChI is InChI=1S/C18H20N6O2/c1-12(17-23-13-5-2-3-6-14(13)24-17)22-16(25)7-4-8-21-18(26)15-11-19-9-10-20-15/h2-3,5-6,9-12H,4,7-8H2,1H3,(H,21,26)(H,22,25)(H,23,24)/t12-/m0/s1. The van der Waals surface area contributed by atoms with Gasteiger partial charge >= 0.3 is 0 Å². The molecule has 3 aromatic rings. The van der Waals surface area contributed by atoms with Gasteiger partial charge in [-0.15, -0.1) is 0 Å². The minimum Gasteiger partial charge on any atom is -0.351 e. The van der Waals surface area contributed by atoms with E-state index in [1.54, 1.807) is 0 Å². The van der Waals surface area contributed by atoms with Gasteiger partial charge in [0, 0.05) is 25.4 Å². The Morgan fingerprint density at radius 3 is 2.85 bits per heavy atom. The summed E-state index contributed by atoms with van der Waals surface area (Å²) in [6.45, 7) is 2.27. The predicted molar refractivity (Wildman–Crippen MR) is 96.3 cm³/mol. The topological polar surface area (TPSA) is 113 Å². The van der Waals surface area contributed by atoms with Gasteiger partial charge in [-0.05, 0) is 25.5 Å². The molecule has 8 heteroatoms. The van der Waals surface area contributed by atoms with Crippen molar-refractivity contribution in [3.8, 4) is 0 Å². The van der Waals surface area contributed by atoms with Crippen molar-refractivity contribution in [1.29, 1.82) is 0 Å². The molecule has 0 aliphatic rings. The van der Waals surface area contributed by atoms with Crippen molar-refractivity contribution in [3.05, 3.63) is 54.4 Å². The van der Waals surface area contributed by atoms with Gasteiger partial charge < -0.3 is 15.6 Å². The lowest BCUT2D eigenvalue weighted by Gasteiger charge is -2.11. The summed E-state index contributed by atoms with van der Waals surface area (Å²) in [5, 5.41) is 5.63. The van der Waals surface area contributed by atoms with Crippen LogP contribution in [-0.2, 0) is 4.79 Å². The second-order valence-electron chi connectivity index (χ2n) is 5.88. The quantitative estimate of drug-likeness (QED) is 0.561. The number of nitrogens with zero attached hydrogens (tertiary/aromatic N) is 3. The van der Waals surface area contributed by atoms with Crippen LogP contribution >= 0.6 is 0 Å². The van der Waals surface area contributed by atoms with Crippen LogP contribution in [0.4, 0.5) is 0 Å². The van der Waals surface area contributed by atoms with Gasteiger partial charge in [0.25, 0.3) is 5.91 Å². The smallest absolute Gasteiger partial charge is 0.271 e. The summed E-state index contributed by atoms with van der Waals surface area (Å²) in [7, 11) is 0. The molecule has 26 heavy (non-hydrogen) atoms. The molecule has 0 aliphatic carbocycles. The number of aromatic nitrogens is 4. The number of carbonyl (C=O) groups is 2. The number of rotatable bonds is 7. The first-order valence-corrected chi connectivity index (χ1v) is 8.41. The van der Waals surface area contributed by atoms with Crippen LogP contribution in [0.2, 0.25) is 0 Å². The number of nitrogens with one attached hydrogen (secondary N) is 3. The van der Waals surface area contributed by atoms with Gasteiger partial charge in [-0.1, -0.05) is 12.1 Å². The van der Waals surface area contributed by atoms with Crippen molar-refractivity contribution in [2.75, 3.05) is 6.54 Å². The van der Waals surface area contributed by atoms with Crippen LogP contribution in [0.25, 0.3) is 11.0 Å². The van der Waals surface area contributed by atoms with Crippen molar-refractivity contribution in [1.82, 2.24) is 30.6 Å². The lowest BCUT2D eigenvalue weighted by atomic mass is 10.2. The maximum absolute atomic E-state index is 12.1. The second kappa shape index (κ2) is 8.19. The van der Waals surface area contributed by atoms with Gasteiger partial charge in [0.1, 0.15) is 11.5 Å². The third-order valence-corrected chi connectivity index (χ3v) is 3.86. The Morgan fingerprint density at radius 2 is 2.08 bits per heavy atom. The third-order valence-electron chi connectivity index (χ3n) is 3.86. The van der Waals surface area contributed by atoms with Gasteiger partial charge in [0.05, 0.1) is 23.3 Å². The van der Waals surface area contributed by atoms with Crippen LogP contribution in [0, 0.1) is 0 Å². The molecule has 0 saturated heterocycles. The molecule has 0 spiro atoms. The van der Waals surface area contributed by atoms with E-state index in [4.69, 9.17) is 0 Å². The highest BCUT2D eigenvalue weighted by atomic mass is 16.2. The molecular weight excluding hydrogens is 332 g/mol. The highest BCUT2D eigenvalue weighted by molar-refractivity contribution is 5.91. The summed E-state index contributed by atoms with van der Waals surface area (Å²) in [5.41, 5.74) is 2.07. The number of amides is 2. The van der Waals surface area contributed by atoms with E-state index >= 15 is 0 Å². The highest BCUT2D eigenvalue weighted by Gasteiger charge is 2.13. The van der Waals surface area contributed by atoms with Crippen LogP contribution in [0.5, 0.6) is 0 Å². The van der Waals surface area contributed by atoms with E-state index in [-0.39, 0.29) is 23.6 Å². The first kappa shape index (κ1) is 17.5. The normalized spacial score (nSPS) is 11.9. The Bertz CT molecular complexity index is 860. The summed E-state index contributed by atoms with van der Waals surface area (Å²) in [6, 6.07) is 7.50. The molecule has 8 nitrogen and oxygen atoms in total. The number of benzene rings is 1. The Hall–Kier alpha value is -3.29. The molecule has 3 rings (SSSR count). The fourth-order valence-corrected chi connectivity index (χ4v) is 2.52. The third kappa shape index (κ3) is 4.41. The van der Waals surface area contributed by atoms with E-state index < -0.39 is 0 Å². The summed E-state index contributed by atoms with van der Waals surface area (Å²) in [6.07, 6.45) is 5.21. The number of carbonyl (C=O) groups excluding carboxylic acids is 2. The molecule has 0 aliphatic heterocycles. The molecule has 3 N–H and O–H groups in total. The molecule has 0 bridgehead atoms. The van der Waals surface area contributed by atoms with Gasteiger partial charge in [-0.2, -0.15) is 0 Å². The van der Waals surface area contributed by atoms with Gasteiger partial charge in [0.15, 0.2) is 0 Å². The first-order valence-electron chi connectivity index (χ1n) is 8.41. The van der Waals surface area contributed by atoms with Crippen molar-refractivity contribution < 1.29 is 9.59 Å². The van der Waals surface area contributed by atoms with Crippen LogP contribution < -0.4 is 10.6 Å². The minimum atomic E-state index is -0.297. The van der Waals surface area contributed by atoms with E-state index in [9.17, 15) is 9.59 Å². The summed E-state index contributed by atoms with van der Waals surface area (Å²) >= 11 is 0. The van der Waals surface area contributed by atoms with Gasteiger partial charge in [0.2, 0.25) is 5.91 Å². The average Bonchev–Trinajstić information content (AvgIpc) is 3.10. The molecule has 2 aromatic heterocycles. The first-order chi connectivity index (χ1) is 12.6. The number of imidazole rings is 1. The van der Waals surface area contributed by atoms with Crippen LogP contribution in [-0.4, -0.2) is 38.3 Å². The summed E-state index contributed by atoms with van der Waals surface area (Å²) in [4.78, 5) is 39.3. The maximum Gasteiger partial charge on any atom is 0.271 e. The molecule has 1 aromatic carbocycles. The zero-order valence-corrected chi connectivity index (χ0v) is 14.4. The molecule has 2 heterocycles. The number of H-pyrrole nitrogens is 1. The Morgan fingerprint density at radius 1 is 1.23 bits per heavy atom. The van der Waals surface area contributed by atoms with E-state index in [1.165, 1.54) is 18.6 Å². The largest absolute Gasteiger partial charge is 0.351 e. The zero-order chi connectivity index (χ0) is 18.4.